The summed E-state index contributed by atoms with van der Waals surface area (Å²) in [6.45, 7) is 4.66. The fourth-order valence-electron chi connectivity index (χ4n) is 2.63. The van der Waals surface area contributed by atoms with Gasteiger partial charge in [0.1, 0.15) is 0 Å². The lowest BCUT2D eigenvalue weighted by Gasteiger charge is -2.32. The van der Waals surface area contributed by atoms with E-state index in [-0.39, 0.29) is 0 Å². The first-order valence-electron chi connectivity index (χ1n) is 6.53. The van der Waals surface area contributed by atoms with Crippen LogP contribution in [0.25, 0.3) is 0 Å². The molecule has 1 heterocycles. The molecule has 2 heteroatoms. The highest BCUT2D eigenvalue weighted by Gasteiger charge is 2.32. The van der Waals surface area contributed by atoms with Gasteiger partial charge in [0.15, 0.2) is 0 Å². The van der Waals surface area contributed by atoms with Crippen LogP contribution in [0, 0.1) is 5.41 Å². The van der Waals surface area contributed by atoms with Crippen LogP contribution in [0.5, 0.6) is 0 Å². The summed E-state index contributed by atoms with van der Waals surface area (Å²) in [5, 5.41) is 1.92. The van der Waals surface area contributed by atoms with Crippen LogP contribution < -0.4 is 0 Å². The maximum absolute atomic E-state index is 3.73. The van der Waals surface area contributed by atoms with E-state index in [0.717, 1.165) is 10.6 Å². The minimum Gasteiger partial charge on any atom is -0.122 e. The first-order chi connectivity index (χ1) is 8.23. The third-order valence-electron chi connectivity index (χ3n) is 4.16. The summed E-state index contributed by atoms with van der Waals surface area (Å²) in [5.74, 6) is 0. The number of halogens is 1. The van der Waals surface area contributed by atoms with Crippen molar-refractivity contribution in [2.75, 3.05) is 5.33 Å². The minimum atomic E-state index is 0.500. The zero-order chi connectivity index (χ0) is 12.3. The van der Waals surface area contributed by atoms with Crippen LogP contribution in [0.2, 0.25) is 0 Å². The highest BCUT2D eigenvalue weighted by atomic mass is 79.9. The third kappa shape index (κ3) is 2.90. The smallest absolute Gasteiger partial charge is 0.0141 e. The quantitative estimate of drug-likeness (QED) is 0.665. The zero-order valence-electron chi connectivity index (χ0n) is 10.7. The Kier molecular flexibility index (Phi) is 4.59. The van der Waals surface area contributed by atoms with E-state index in [1.54, 1.807) is 5.56 Å². The van der Waals surface area contributed by atoms with E-state index in [2.05, 4.69) is 65.8 Å². The molecule has 0 nitrogen and oxygen atoms in total. The van der Waals surface area contributed by atoms with Crippen molar-refractivity contribution in [3.8, 4) is 0 Å². The Labute approximate surface area is 118 Å². The van der Waals surface area contributed by atoms with Crippen LogP contribution >= 0.6 is 27.7 Å². The minimum absolute atomic E-state index is 0.500. The van der Waals surface area contributed by atoms with Crippen molar-refractivity contribution in [1.82, 2.24) is 0 Å². The van der Waals surface area contributed by atoms with Gasteiger partial charge in [0.25, 0.3) is 0 Å². The summed E-state index contributed by atoms with van der Waals surface area (Å²) in [4.78, 5) is 1.51. The van der Waals surface area contributed by atoms with E-state index in [0.29, 0.717) is 5.41 Å². The Morgan fingerprint density at radius 3 is 2.59 bits per heavy atom. The summed E-state index contributed by atoms with van der Waals surface area (Å²) in [6, 6.07) is 8.88. The van der Waals surface area contributed by atoms with Crippen molar-refractivity contribution >= 4 is 27.7 Å². The van der Waals surface area contributed by atoms with E-state index in [4.69, 9.17) is 0 Å². The molecule has 0 fully saturated rings. The predicted octanol–water partition coefficient (Wildman–Crippen LogP) is 5.29. The molecule has 0 aromatic heterocycles. The third-order valence-corrected chi connectivity index (χ3v) is 6.67. The molecule has 1 aromatic carbocycles. The lowest BCUT2D eigenvalue weighted by atomic mass is 9.79. The Hall–Kier alpha value is 0.0500. The summed E-state index contributed by atoms with van der Waals surface area (Å²) < 4.78 is 0. The fraction of sp³-hybridized carbons (Fsp3) is 0.600. The molecule has 0 amide bonds. The van der Waals surface area contributed by atoms with E-state index in [1.807, 2.05) is 0 Å². The molecule has 1 aromatic rings. The second kappa shape index (κ2) is 5.79. The van der Waals surface area contributed by atoms with Crippen molar-refractivity contribution in [2.24, 2.45) is 5.41 Å². The van der Waals surface area contributed by atoms with Crippen LogP contribution in [0.3, 0.4) is 0 Å². The van der Waals surface area contributed by atoms with Gasteiger partial charge in [-0.3, -0.25) is 0 Å². The molecule has 1 aliphatic rings. The average Bonchev–Trinajstić information content (AvgIpc) is 2.78. The van der Waals surface area contributed by atoms with Gasteiger partial charge in [-0.05, 0) is 42.7 Å². The molecule has 0 N–H and O–H groups in total. The van der Waals surface area contributed by atoms with Crippen molar-refractivity contribution in [2.45, 2.75) is 49.7 Å². The molecule has 1 unspecified atom stereocenters. The number of thioether (sulfide) groups is 1. The molecule has 2 rings (SSSR count). The fourth-order valence-corrected chi connectivity index (χ4v) is 5.17. The standard InChI is InChI=1S/C15H21BrS/c1-3-15(4-2,11-16)10-13-9-12-7-5-6-8-14(12)17-13/h5-8,13H,3-4,9-11H2,1-2H3. The first-order valence-corrected chi connectivity index (χ1v) is 8.53. The van der Waals surface area contributed by atoms with Crippen LogP contribution in [0.1, 0.15) is 38.7 Å². The van der Waals surface area contributed by atoms with Crippen molar-refractivity contribution in [3.63, 3.8) is 0 Å². The summed E-state index contributed by atoms with van der Waals surface area (Å²) in [6.07, 6.45) is 5.16. The second-order valence-corrected chi connectivity index (χ2v) is 7.00. The van der Waals surface area contributed by atoms with Gasteiger partial charge in [-0.1, -0.05) is 48.0 Å². The average molecular weight is 313 g/mol. The Morgan fingerprint density at radius 2 is 2.00 bits per heavy atom. The van der Waals surface area contributed by atoms with E-state index < -0.39 is 0 Å². The van der Waals surface area contributed by atoms with E-state index in [9.17, 15) is 0 Å². The van der Waals surface area contributed by atoms with Crippen LogP contribution in [-0.2, 0) is 6.42 Å². The number of rotatable bonds is 5. The molecular weight excluding hydrogens is 292 g/mol. The van der Waals surface area contributed by atoms with Crippen LogP contribution in [0.15, 0.2) is 29.2 Å². The number of fused-ring (bicyclic) bond motifs is 1. The monoisotopic (exact) mass is 312 g/mol. The second-order valence-electron chi connectivity index (χ2n) is 5.10. The van der Waals surface area contributed by atoms with E-state index >= 15 is 0 Å². The summed E-state index contributed by atoms with van der Waals surface area (Å²) in [5.41, 5.74) is 2.05. The maximum atomic E-state index is 3.73. The number of alkyl halides is 1. The van der Waals surface area contributed by atoms with Crippen LogP contribution in [0.4, 0.5) is 0 Å². The van der Waals surface area contributed by atoms with Gasteiger partial charge in [-0.25, -0.2) is 0 Å². The molecule has 0 spiro atoms. The van der Waals surface area contributed by atoms with Gasteiger partial charge in [0.2, 0.25) is 0 Å². The maximum Gasteiger partial charge on any atom is 0.0141 e. The first kappa shape index (κ1) is 13.5. The van der Waals surface area contributed by atoms with Crippen molar-refractivity contribution < 1.29 is 0 Å². The number of benzene rings is 1. The highest BCUT2D eigenvalue weighted by molar-refractivity contribution is 9.09. The lowest BCUT2D eigenvalue weighted by Crippen LogP contribution is -2.25. The molecule has 94 valence electrons. The topological polar surface area (TPSA) is 0 Å². The Balaban J connectivity index is 2.04. The highest BCUT2D eigenvalue weighted by Crippen LogP contribution is 2.44. The molecular formula is C15H21BrS. The van der Waals surface area contributed by atoms with Gasteiger partial charge in [0.05, 0.1) is 0 Å². The van der Waals surface area contributed by atoms with Gasteiger partial charge >= 0.3 is 0 Å². The van der Waals surface area contributed by atoms with Crippen LogP contribution in [-0.4, -0.2) is 10.6 Å². The molecule has 17 heavy (non-hydrogen) atoms. The van der Waals surface area contributed by atoms with Gasteiger partial charge in [-0.2, -0.15) is 0 Å². The molecule has 0 saturated heterocycles. The summed E-state index contributed by atoms with van der Waals surface area (Å²) in [7, 11) is 0. The summed E-state index contributed by atoms with van der Waals surface area (Å²) >= 11 is 5.81. The molecule has 0 aliphatic carbocycles. The van der Waals surface area contributed by atoms with Gasteiger partial charge in [0, 0.05) is 15.5 Å². The molecule has 0 radical (unpaired) electrons. The van der Waals surface area contributed by atoms with Crippen molar-refractivity contribution in [3.05, 3.63) is 29.8 Å². The molecule has 0 bridgehead atoms. The number of hydrogen-bond donors (Lipinski definition) is 0. The SMILES string of the molecule is CCC(CC)(CBr)CC1Cc2ccccc2S1. The van der Waals surface area contributed by atoms with Gasteiger partial charge < -0.3 is 0 Å². The molecule has 1 atom stereocenters. The van der Waals surface area contributed by atoms with Gasteiger partial charge in [-0.15, -0.1) is 11.8 Å². The normalized spacial score (nSPS) is 19.4. The molecule has 0 saturated carbocycles. The Bertz CT molecular complexity index is 338. The largest absolute Gasteiger partial charge is 0.122 e. The predicted molar refractivity (Wildman–Crippen MR) is 81.2 cm³/mol. The molecule has 1 aliphatic heterocycles. The van der Waals surface area contributed by atoms with E-state index in [1.165, 1.54) is 30.6 Å². The number of hydrogen-bond acceptors (Lipinski definition) is 1. The lowest BCUT2D eigenvalue weighted by molar-refractivity contribution is 0.281. The Morgan fingerprint density at radius 1 is 1.29 bits per heavy atom. The zero-order valence-corrected chi connectivity index (χ0v) is 13.1. The van der Waals surface area contributed by atoms with Crippen molar-refractivity contribution in [1.29, 1.82) is 0 Å².